The molecule has 4 rings (SSSR count). The summed E-state index contributed by atoms with van der Waals surface area (Å²) in [5, 5.41) is 0.165. The molecule has 1 aliphatic heterocycles. The van der Waals surface area contributed by atoms with Gasteiger partial charge < -0.3 is 15.4 Å². The van der Waals surface area contributed by atoms with Gasteiger partial charge in [0.2, 0.25) is 0 Å². The van der Waals surface area contributed by atoms with E-state index in [9.17, 15) is 13.2 Å². The van der Waals surface area contributed by atoms with Crippen LogP contribution in [0.3, 0.4) is 0 Å². The lowest BCUT2D eigenvalue weighted by atomic mass is 9.98. The van der Waals surface area contributed by atoms with E-state index in [1.165, 1.54) is 18.2 Å². The summed E-state index contributed by atoms with van der Waals surface area (Å²) in [6, 6.07) is 12.9. The van der Waals surface area contributed by atoms with E-state index in [1.807, 2.05) is 24.0 Å². The van der Waals surface area contributed by atoms with Crippen molar-refractivity contribution in [1.82, 2.24) is 14.7 Å². The van der Waals surface area contributed by atoms with Crippen molar-refractivity contribution >= 4 is 39.2 Å². The molecule has 1 amide bonds. The van der Waals surface area contributed by atoms with Gasteiger partial charge in [-0.3, -0.25) is 4.79 Å². The van der Waals surface area contributed by atoms with Gasteiger partial charge in [-0.15, -0.1) is 0 Å². The lowest BCUT2D eigenvalue weighted by molar-refractivity contribution is 0.0981. The predicted molar refractivity (Wildman–Crippen MR) is 144 cm³/mol. The molecule has 3 aromatic rings. The molecule has 0 unspecified atom stereocenters. The minimum atomic E-state index is -4.24. The number of aromatic nitrogens is 2. The van der Waals surface area contributed by atoms with E-state index in [4.69, 9.17) is 27.1 Å². The van der Waals surface area contributed by atoms with Crippen LogP contribution >= 0.6 is 11.6 Å². The maximum absolute atomic E-state index is 13.3. The number of rotatable bonds is 8. The Morgan fingerprint density at radius 2 is 1.92 bits per heavy atom. The number of anilines is 2. The van der Waals surface area contributed by atoms with Gasteiger partial charge in [-0.2, -0.15) is 8.42 Å². The van der Waals surface area contributed by atoms with Crippen LogP contribution in [0.2, 0.25) is 5.02 Å². The summed E-state index contributed by atoms with van der Waals surface area (Å²) in [5.41, 5.74) is 7.16. The smallest absolute Gasteiger partial charge is 0.281 e. The number of carbonyl (C=O) groups excluding carboxylic acids is 1. The Hall–Kier alpha value is -3.37. The monoisotopic (exact) mass is 543 g/mol. The summed E-state index contributed by atoms with van der Waals surface area (Å²) in [6.45, 7) is 6.13. The van der Waals surface area contributed by atoms with Crippen LogP contribution in [0.4, 0.5) is 11.6 Å². The Labute approximate surface area is 222 Å². The highest BCUT2D eigenvalue weighted by molar-refractivity contribution is 7.90. The third-order valence-corrected chi connectivity index (χ3v) is 7.68. The van der Waals surface area contributed by atoms with Crippen molar-refractivity contribution in [3.05, 3.63) is 59.1 Å². The van der Waals surface area contributed by atoms with E-state index >= 15 is 0 Å². The van der Waals surface area contributed by atoms with Crippen LogP contribution < -0.4 is 20.1 Å². The first kappa shape index (κ1) is 26.7. The van der Waals surface area contributed by atoms with Gasteiger partial charge in [0.15, 0.2) is 5.03 Å². The van der Waals surface area contributed by atoms with Crippen molar-refractivity contribution in [2.45, 2.75) is 38.1 Å². The summed E-state index contributed by atoms with van der Waals surface area (Å²) < 4.78 is 33.5. The number of sulfonamides is 1. The highest BCUT2D eigenvalue weighted by atomic mass is 35.5. The highest BCUT2D eigenvalue weighted by Gasteiger charge is 2.27. The number of piperidine rings is 1. The molecule has 9 nitrogen and oxygen atoms in total. The van der Waals surface area contributed by atoms with Gasteiger partial charge in [0, 0.05) is 18.7 Å². The molecular formula is C26H30ClN5O4S. The minimum absolute atomic E-state index is 0.0368. The van der Waals surface area contributed by atoms with Crippen LogP contribution in [-0.4, -0.2) is 44.0 Å². The molecule has 3 heterocycles. The summed E-state index contributed by atoms with van der Waals surface area (Å²) in [7, 11) is -4.24. The van der Waals surface area contributed by atoms with E-state index in [-0.39, 0.29) is 16.4 Å². The van der Waals surface area contributed by atoms with Crippen LogP contribution in [0.5, 0.6) is 5.75 Å². The summed E-state index contributed by atoms with van der Waals surface area (Å²) in [6.07, 6.45) is 2.72. The molecule has 1 saturated heterocycles. The zero-order valence-electron chi connectivity index (χ0n) is 20.8. The Morgan fingerprint density at radius 1 is 1.16 bits per heavy atom. The van der Waals surface area contributed by atoms with Gasteiger partial charge >= 0.3 is 0 Å². The maximum atomic E-state index is 13.3. The SMILES string of the molecule is CCCOc1cc(-c2ccc(C(=O)NS(=O)(=O)c3cccc(N)n3)c(N3CCC(C)CC3)n2)ccc1Cl. The van der Waals surface area contributed by atoms with Gasteiger partial charge in [-0.25, -0.2) is 14.7 Å². The largest absolute Gasteiger partial charge is 0.492 e. The number of carbonyl (C=O) groups is 1. The van der Waals surface area contributed by atoms with E-state index in [0.717, 1.165) is 24.8 Å². The molecule has 196 valence electrons. The molecule has 0 saturated carbocycles. The van der Waals surface area contributed by atoms with Crippen LogP contribution in [0, 0.1) is 5.92 Å². The lowest BCUT2D eigenvalue weighted by Crippen LogP contribution is -2.37. The molecule has 37 heavy (non-hydrogen) atoms. The maximum Gasteiger partial charge on any atom is 0.281 e. The van der Waals surface area contributed by atoms with Crippen molar-refractivity contribution in [2.75, 3.05) is 30.3 Å². The van der Waals surface area contributed by atoms with Crippen LogP contribution in [0.25, 0.3) is 11.3 Å². The third-order valence-electron chi connectivity index (χ3n) is 6.14. The number of nitrogens with one attached hydrogen (secondary N) is 1. The minimum Gasteiger partial charge on any atom is -0.492 e. The van der Waals surface area contributed by atoms with Gasteiger partial charge in [0.25, 0.3) is 15.9 Å². The second-order valence-electron chi connectivity index (χ2n) is 9.07. The fourth-order valence-corrected chi connectivity index (χ4v) is 5.16. The summed E-state index contributed by atoms with van der Waals surface area (Å²) in [5.74, 6) is 0.776. The quantitative estimate of drug-likeness (QED) is 0.424. The summed E-state index contributed by atoms with van der Waals surface area (Å²) >= 11 is 6.30. The molecule has 1 fully saturated rings. The van der Waals surface area contributed by atoms with Crippen LogP contribution in [0.15, 0.2) is 53.6 Å². The predicted octanol–water partition coefficient (Wildman–Crippen LogP) is 4.52. The number of ether oxygens (including phenoxy) is 1. The first-order chi connectivity index (χ1) is 17.7. The molecule has 1 aromatic carbocycles. The number of pyridine rings is 2. The molecule has 0 aliphatic carbocycles. The second kappa shape index (κ2) is 11.4. The third kappa shape index (κ3) is 6.31. The number of halogens is 1. The van der Waals surface area contributed by atoms with E-state index in [2.05, 4.69) is 16.6 Å². The Bertz CT molecular complexity index is 1390. The van der Waals surface area contributed by atoms with Gasteiger partial charge in [0.1, 0.15) is 17.4 Å². The lowest BCUT2D eigenvalue weighted by Gasteiger charge is -2.32. The molecule has 0 radical (unpaired) electrons. The zero-order chi connectivity index (χ0) is 26.6. The van der Waals surface area contributed by atoms with Gasteiger partial charge in [-0.05, 0) is 61.6 Å². The van der Waals surface area contributed by atoms with Crippen LogP contribution in [0.1, 0.15) is 43.5 Å². The summed E-state index contributed by atoms with van der Waals surface area (Å²) in [4.78, 5) is 23.9. The van der Waals surface area contributed by atoms with Crippen molar-refractivity contribution in [1.29, 1.82) is 0 Å². The first-order valence-corrected chi connectivity index (χ1v) is 14.0. The Kier molecular flexibility index (Phi) is 8.19. The molecule has 0 spiro atoms. The van der Waals surface area contributed by atoms with Gasteiger partial charge in [-0.1, -0.05) is 37.6 Å². The number of benzene rings is 1. The second-order valence-corrected chi connectivity index (χ2v) is 11.1. The van der Waals surface area contributed by atoms with E-state index < -0.39 is 15.9 Å². The van der Waals surface area contributed by atoms with Crippen LogP contribution in [-0.2, 0) is 10.0 Å². The molecular weight excluding hydrogens is 514 g/mol. The molecule has 11 heteroatoms. The highest BCUT2D eigenvalue weighted by Crippen LogP contribution is 2.33. The van der Waals surface area contributed by atoms with Crippen molar-refractivity contribution in [2.24, 2.45) is 5.92 Å². The van der Waals surface area contributed by atoms with Gasteiger partial charge in [0.05, 0.1) is 22.9 Å². The molecule has 3 N–H and O–H groups in total. The van der Waals surface area contributed by atoms with Crippen molar-refractivity contribution in [3.63, 3.8) is 0 Å². The van der Waals surface area contributed by atoms with E-state index in [1.54, 1.807) is 18.2 Å². The normalized spacial score (nSPS) is 14.4. The number of nitrogens with two attached hydrogens (primary N) is 1. The number of hydrogen-bond donors (Lipinski definition) is 2. The average molecular weight is 544 g/mol. The first-order valence-electron chi connectivity index (χ1n) is 12.2. The fourth-order valence-electron chi connectivity index (χ4n) is 4.04. The number of nitrogens with zero attached hydrogens (tertiary/aromatic N) is 3. The standard InChI is InChI=1S/C26H30ClN5O4S/c1-3-15-36-22-16-18(7-9-20(22)27)21-10-8-19(25(29-21)32-13-11-17(2)12-14-32)26(33)31-37(34,35)24-6-4-5-23(28)30-24/h4-10,16-17H,3,11-15H2,1-2H3,(H2,28,30)(H,31,33). The molecule has 0 atom stereocenters. The Balaban J connectivity index is 1.70. The topological polar surface area (TPSA) is 128 Å². The number of hydrogen-bond acceptors (Lipinski definition) is 8. The number of amides is 1. The van der Waals surface area contributed by atoms with E-state index in [0.29, 0.717) is 47.9 Å². The zero-order valence-corrected chi connectivity index (χ0v) is 22.3. The Morgan fingerprint density at radius 3 is 2.62 bits per heavy atom. The van der Waals surface area contributed by atoms with Crippen molar-refractivity contribution < 1.29 is 17.9 Å². The average Bonchev–Trinajstić information content (AvgIpc) is 2.88. The number of nitrogen functional groups attached to an aromatic ring is 1. The molecule has 2 aromatic heterocycles. The molecule has 0 bridgehead atoms. The van der Waals surface area contributed by atoms with Crippen molar-refractivity contribution in [3.8, 4) is 17.0 Å². The fraction of sp³-hybridized carbons (Fsp3) is 0.346. The molecule has 1 aliphatic rings.